The maximum Gasteiger partial charge on any atom is 0.135 e. The van der Waals surface area contributed by atoms with Crippen LogP contribution < -0.4 is 9.64 Å². The van der Waals surface area contributed by atoms with Crippen LogP contribution in [-0.4, -0.2) is 4.57 Å². The smallest absolute Gasteiger partial charge is 0.135 e. The van der Waals surface area contributed by atoms with Gasteiger partial charge in [0.2, 0.25) is 0 Å². The average molecular weight is 855 g/mol. The number of furan rings is 1. The molecule has 0 N–H and O–H groups in total. The standard InChI is InChI=1S/C63H38N2O2/c1-2-18-44-39(14-1)15-13-27-55(44)65-56-26-8-4-20-46(56)47-33-30-42(37-57(47)65)64(41-32-35-59-50(36-41)48-21-5-9-28-58(48)66-59)43-31-34-53-61(38-43)67-60-29-10-7-24-52(60)63(53)51-23-6-3-19-45(51)49-22-11-16-40-17-12-25-54(63)62(40)49/h1-38H. The second-order valence-corrected chi connectivity index (χ2v) is 17.9. The van der Waals surface area contributed by atoms with Gasteiger partial charge in [-0.1, -0.05) is 164 Å². The molecule has 0 bridgehead atoms. The van der Waals surface area contributed by atoms with Crippen LogP contribution in [0.25, 0.3) is 82.1 Å². The Morgan fingerprint density at radius 1 is 0.358 bits per heavy atom. The molecular formula is C63H38N2O2. The van der Waals surface area contributed by atoms with Gasteiger partial charge in [-0.3, -0.25) is 0 Å². The number of ether oxygens (including phenoxy) is 1. The molecule has 312 valence electrons. The quantitative estimate of drug-likeness (QED) is 0.177. The fraction of sp³-hybridized carbons (Fsp3) is 0.0159. The second kappa shape index (κ2) is 13.6. The predicted molar refractivity (Wildman–Crippen MR) is 275 cm³/mol. The minimum atomic E-state index is -0.634. The lowest BCUT2D eigenvalue weighted by atomic mass is 9.58. The Morgan fingerprint density at radius 2 is 0.970 bits per heavy atom. The summed E-state index contributed by atoms with van der Waals surface area (Å²) in [4.78, 5) is 2.38. The Morgan fingerprint density at radius 3 is 1.91 bits per heavy atom. The van der Waals surface area contributed by atoms with Crippen molar-refractivity contribution in [2.75, 3.05) is 4.90 Å². The van der Waals surface area contributed by atoms with Gasteiger partial charge in [0.15, 0.2) is 0 Å². The summed E-state index contributed by atoms with van der Waals surface area (Å²) in [7, 11) is 0. The summed E-state index contributed by atoms with van der Waals surface area (Å²) in [6, 6.07) is 83.8. The van der Waals surface area contributed by atoms with Crippen LogP contribution in [0.4, 0.5) is 17.1 Å². The van der Waals surface area contributed by atoms with Gasteiger partial charge < -0.3 is 18.6 Å². The summed E-state index contributed by atoms with van der Waals surface area (Å²) in [5.41, 5.74) is 14.9. The van der Waals surface area contributed by atoms with Gasteiger partial charge in [-0.15, -0.1) is 0 Å². The van der Waals surface area contributed by atoms with Crippen LogP contribution in [0.15, 0.2) is 235 Å². The minimum Gasteiger partial charge on any atom is -0.457 e. The van der Waals surface area contributed by atoms with Gasteiger partial charge >= 0.3 is 0 Å². The van der Waals surface area contributed by atoms with Gasteiger partial charge in [0.25, 0.3) is 0 Å². The zero-order valence-corrected chi connectivity index (χ0v) is 36.2. The van der Waals surface area contributed by atoms with E-state index in [0.29, 0.717) is 0 Å². The van der Waals surface area contributed by atoms with Crippen molar-refractivity contribution in [3.63, 3.8) is 0 Å². The number of nitrogens with zero attached hydrogens (tertiary/aromatic N) is 2. The maximum absolute atomic E-state index is 7.16. The third-order valence-corrected chi connectivity index (χ3v) is 14.6. The molecule has 1 atom stereocenters. The van der Waals surface area contributed by atoms with Crippen molar-refractivity contribution >= 4 is 82.4 Å². The molecule has 1 spiro atoms. The van der Waals surface area contributed by atoms with Gasteiger partial charge in [-0.2, -0.15) is 0 Å². The van der Waals surface area contributed by atoms with Crippen LogP contribution in [0.3, 0.4) is 0 Å². The highest BCUT2D eigenvalue weighted by molar-refractivity contribution is 6.12. The molecule has 0 amide bonds. The van der Waals surface area contributed by atoms with Crippen LogP contribution in [0.2, 0.25) is 0 Å². The molecule has 4 nitrogen and oxygen atoms in total. The lowest BCUT2D eigenvalue weighted by Gasteiger charge is -2.45. The molecule has 4 heteroatoms. The van der Waals surface area contributed by atoms with E-state index in [4.69, 9.17) is 9.15 Å². The molecule has 13 aromatic rings. The molecule has 0 radical (unpaired) electrons. The van der Waals surface area contributed by atoms with Crippen molar-refractivity contribution in [2.45, 2.75) is 5.41 Å². The van der Waals surface area contributed by atoms with Gasteiger partial charge in [-0.25, -0.2) is 0 Å². The van der Waals surface area contributed by atoms with E-state index < -0.39 is 5.41 Å². The first-order valence-electron chi connectivity index (χ1n) is 23.0. The van der Waals surface area contributed by atoms with Gasteiger partial charge in [-0.05, 0) is 99.1 Å². The number of para-hydroxylation sites is 3. The molecule has 0 saturated heterocycles. The monoisotopic (exact) mass is 854 g/mol. The number of benzene rings is 11. The molecule has 2 aromatic heterocycles. The van der Waals surface area contributed by atoms with Gasteiger partial charge in [0, 0.05) is 61.2 Å². The summed E-state index contributed by atoms with van der Waals surface area (Å²) in [6.07, 6.45) is 0. The molecule has 3 heterocycles. The van der Waals surface area contributed by atoms with E-state index in [2.05, 4.69) is 228 Å². The maximum atomic E-state index is 7.16. The van der Waals surface area contributed by atoms with E-state index in [-0.39, 0.29) is 0 Å². The van der Waals surface area contributed by atoms with E-state index in [1.54, 1.807) is 0 Å². The van der Waals surface area contributed by atoms with Crippen molar-refractivity contribution in [2.24, 2.45) is 0 Å². The molecule has 15 rings (SSSR count). The number of hydrogen-bond acceptors (Lipinski definition) is 3. The highest BCUT2D eigenvalue weighted by atomic mass is 16.5. The highest BCUT2D eigenvalue weighted by Gasteiger charge is 2.49. The lowest BCUT2D eigenvalue weighted by Crippen LogP contribution is -2.36. The summed E-state index contributed by atoms with van der Waals surface area (Å²) in [5.74, 6) is 1.69. The third-order valence-electron chi connectivity index (χ3n) is 14.6. The number of aromatic nitrogens is 1. The van der Waals surface area contributed by atoms with E-state index in [9.17, 15) is 0 Å². The fourth-order valence-electron chi connectivity index (χ4n) is 11.9. The number of fused-ring (bicyclic) bond motifs is 15. The summed E-state index contributed by atoms with van der Waals surface area (Å²) in [5, 5.41) is 9.49. The first-order chi connectivity index (χ1) is 33.2. The number of hydrogen-bond donors (Lipinski definition) is 0. The van der Waals surface area contributed by atoms with Gasteiger partial charge in [0.05, 0.1) is 22.1 Å². The lowest BCUT2D eigenvalue weighted by molar-refractivity contribution is 0.435. The molecule has 1 aliphatic carbocycles. The molecule has 1 aliphatic heterocycles. The van der Waals surface area contributed by atoms with Crippen molar-refractivity contribution in [3.05, 3.63) is 253 Å². The Hall–Kier alpha value is -8.86. The third kappa shape index (κ3) is 4.96. The normalized spacial score (nSPS) is 14.7. The minimum absolute atomic E-state index is 0.634. The second-order valence-electron chi connectivity index (χ2n) is 17.9. The summed E-state index contributed by atoms with van der Waals surface area (Å²) < 4.78 is 16.0. The molecule has 0 fully saturated rings. The van der Waals surface area contributed by atoms with E-state index in [1.165, 1.54) is 60.1 Å². The number of anilines is 3. The van der Waals surface area contributed by atoms with Crippen molar-refractivity contribution in [3.8, 4) is 28.3 Å². The molecule has 11 aromatic carbocycles. The average Bonchev–Trinajstić information content (AvgIpc) is 3.92. The molecule has 2 aliphatic rings. The Balaban J connectivity index is 1.01. The number of rotatable bonds is 4. The Bertz CT molecular complexity index is 4220. The summed E-state index contributed by atoms with van der Waals surface area (Å²) in [6.45, 7) is 0. The van der Waals surface area contributed by atoms with Crippen molar-refractivity contribution in [1.29, 1.82) is 0 Å². The largest absolute Gasteiger partial charge is 0.457 e. The van der Waals surface area contributed by atoms with Crippen LogP contribution >= 0.6 is 0 Å². The predicted octanol–water partition coefficient (Wildman–Crippen LogP) is 16.9. The van der Waals surface area contributed by atoms with E-state index in [1.807, 2.05) is 12.1 Å². The van der Waals surface area contributed by atoms with Crippen LogP contribution in [0, 0.1) is 0 Å². The topological polar surface area (TPSA) is 30.5 Å². The van der Waals surface area contributed by atoms with Gasteiger partial charge in [0.1, 0.15) is 22.7 Å². The van der Waals surface area contributed by atoms with Crippen LogP contribution in [-0.2, 0) is 5.41 Å². The summed E-state index contributed by atoms with van der Waals surface area (Å²) >= 11 is 0. The van der Waals surface area contributed by atoms with Crippen LogP contribution in [0.1, 0.15) is 22.3 Å². The molecular weight excluding hydrogens is 817 g/mol. The van der Waals surface area contributed by atoms with Crippen molar-refractivity contribution in [1.82, 2.24) is 4.57 Å². The fourth-order valence-corrected chi connectivity index (χ4v) is 11.9. The van der Waals surface area contributed by atoms with E-state index >= 15 is 0 Å². The first kappa shape index (κ1) is 36.5. The molecule has 67 heavy (non-hydrogen) atoms. The Kier molecular flexibility index (Phi) is 7.40. The highest BCUT2D eigenvalue weighted by Crippen LogP contribution is 2.61. The molecule has 0 saturated carbocycles. The van der Waals surface area contributed by atoms with Crippen molar-refractivity contribution < 1.29 is 9.15 Å². The zero-order chi connectivity index (χ0) is 43.8. The first-order valence-corrected chi connectivity index (χ1v) is 23.0. The van der Waals surface area contributed by atoms with E-state index in [0.717, 1.165) is 72.8 Å². The van der Waals surface area contributed by atoms with Crippen LogP contribution in [0.5, 0.6) is 11.5 Å². The molecule has 1 unspecified atom stereocenters. The zero-order valence-electron chi connectivity index (χ0n) is 36.2. The SMILES string of the molecule is c1ccc2c(c1)Oc1cc(N(c3ccc4oc5ccccc5c4c3)c3ccc4c5ccccc5n(-c5cccc6ccccc56)c4c3)ccc1C21c2ccccc2-c2cccc3cccc1c23. The Labute approximate surface area is 385 Å².